The molecule has 3 rings (SSSR count). The Morgan fingerprint density at radius 1 is 1.36 bits per heavy atom. The number of imidazole rings is 1. The highest BCUT2D eigenvalue weighted by molar-refractivity contribution is 5.92. The molecule has 0 aromatic carbocycles. The number of fused-ring (bicyclic) bond motifs is 1. The number of aromatic nitrogens is 2. The molecule has 6 heteroatoms. The van der Waals surface area contributed by atoms with Gasteiger partial charge in [0, 0.05) is 44.0 Å². The van der Waals surface area contributed by atoms with Crippen LogP contribution in [0, 0.1) is 0 Å². The SMILES string of the molecule is C=C/C=C(/C)NC(=O)c1nc2c(n1C)CCN([C@H]1CC[C@@H](O)CC1)C2. The molecule has 1 fully saturated rings. The molecule has 2 aliphatic rings. The van der Waals surface area contributed by atoms with Crippen LogP contribution in [0.15, 0.2) is 24.4 Å². The Balaban J connectivity index is 1.72. The Bertz CT molecular complexity index is 684. The molecule has 0 radical (unpaired) electrons. The second-order valence-electron chi connectivity index (χ2n) is 7.11. The quantitative estimate of drug-likeness (QED) is 0.819. The van der Waals surface area contributed by atoms with Crippen molar-refractivity contribution in [2.45, 2.75) is 57.7 Å². The first-order valence-corrected chi connectivity index (χ1v) is 9.06. The molecular weight excluding hydrogens is 316 g/mol. The number of hydrogen-bond donors (Lipinski definition) is 2. The molecule has 1 aliphatic carbocycles. The third-order valence-corrected chi connectivity index (χ3v) is 5.35. The summed E-state index contributed by atoms with van der Waals surface area (Å²) < 4.78 is 1.92. The van der Waals surface area contributed by atoms with E-state index in [0.717, 1.165) is 62.3 Å². The Labute approximate surface area is 149 Å². The van der Waals surface area contributed by atoms with Crippen molar-refractivity contribution in [3.63, 3.8) is 0 Å². The lowest BCUT2D eigenvalue weighted by Gasteiger charge is -2.37. The third kappa shape index (κ3) is 3.85. The van der Waals surface area contributed by atoms with Gasteiger partial charge in [-0.15, -0.1) is 0 Å². The van der Waals surface area contributed by atoms with Gasteiger partial charge in [0.15, 0.2) is 5.82 Å². The van der Waals surface area contributed by atoms with Crippen molar-refractivity contribution in [3.8, 4) is 0 Å². The zero-order valence-corrected chi connectivity index (χ0v) is 15.2. The van der Waals surface area contributed by atoms with E-state index in [9.17, 15) is 9.90 Å². The first-order valence-electron chi connectivity index (χ1n) is 9.06. The van der Waals surface area contributed by atoms with Gasteiger partial charge in [0.1, 0.15) is 0 Å². The van der Waals surface area contributed by atoms with Crippen molar-refractivity contribution in [3.05, 3.63) is 41.6 Å². The Hall–Kier alpha value is -1.92. The molecule has 1 amide bonds. The highest BCUT2D eigenvalue weighted by Crippen LogP contribution is 2.28. The maximum absolute atomic E-state index is 12.5. The lowest BCUT2D eigenvalue weighted by molar-refractivity contribution is 0.0668. The zero-order chi connectivity index (χ0) is 18.0. The summed E-state index contributed by atoms with van der Waals surface area (Å²) in [6, 6.07) is 0.522. The molecule has 0 atom stereocenters. The van der Waals surface area contributed by atoms with Crippen molar-refractivity contribution in [2.24, 2.45) is 7.05 Å². The number of nitrogens with one attached hydrogen (secondary N) is 1. The summed E-state index contributed by atoms with van der Waals surface area (Å²) in [5, 5.41) is 12.6. The van der Waals surface area contributed by atoms with Crippen LogP contribution >= 0.6 is 0 Å². The van der Waals surface area contributed by atoms with E-state index in [1.54, 1.807) is 12.2 Å². The molecule has 1 aromatic heterocycles. The van der Waals surface area contributed by atoms with E-state index >= 15 is 0 Å². The minimum Gasteiger partial charge on any atom is -0.393 e. The predicted octanol–water partition coefficient (Wildman–Crippen LogP) is 1.90. The fourth-order valence-corrected chi connectivity index (χ4v) is 3.94. The monoisotopic (exact) mass is 344 g/mol. The van der Waals surface area contributed by atoms with Gasteiger partial charge in [0.25, 0.3) is 5.91 Å². The van der Waals surface area contributed by atoms with Gasteiger partial charge < -0.3 is 15.0 Å². The fraction of sp³-hybridized carbons (Fsp3) is 0.579. The molecule has 25 heavy (non-hydrogen) atoms. The maximum Gasteiger partial charge on any atom is 0.291 e. The Morgan fingerprint density at radius 2 is 2.08 bits per heavy atom. The van der Waals surface area contributed by atoms with Gasteiger partial charge in [-0.1, -0.05) is 12.7 Å². The predicted molar refractivity (Wildman–Crippen MR) is 97.0 cm³/mol. The molecule has 1 saturated carbocycles. The molecule has 0 bridgehead atoms. The van der Waals surface area contributed by atoms with E-state index < -0.39 is 0 Å². The summed E-state index contributed by atoms with van der Waals surface area (Å²) in [6.07, 6.45) is 8.06. The number of carbonyl (C=O) groups is 1. The van der Waals surface area contributed by atoms with Gasteiger partial charge in [0.05, 0.1) is 11.8 Å². The van der Waals surface area contributed by atoms with Crippen LogP contribution in [0.3, 0.4) is 0 Å². The summed E-state index contributed by atoms with van der Waals surface area (Å²) in [5.41, 5.74) is 2.92. The first kappa shape index (κ1) is 17.9. The highest BCUT2D eigenvalue weighted by Gasteiger charge is 2.30. The van der Waals surface area contributed by atoms with E-state index in [2.05, 4.69) is 21.8 Å². The van der Waals surface area contributed by atoms with Crippen LogP contribution in [-0.2, 0) is 20.0 Å². The largest absolute Gasteiger partial charge is 0.393 e. The van der Waals surface area contributed by atoms with Crippen molar-refractivity contribution < 1.29 is 9.90 Å². The van der Waals surface area contributed by atoms with E-state index in [4.69, 9.17) is 0 Å². The molecule has 0 spiro atoms. The molecule has 0 saturated heterocycles. The van der Waals surface area contributed by atoms with Crippen LogP contribution in [0.2, 0.25) is 0 Å². The summed E-state index contributed by atoms with van der Waals surface area (Å²) >= 11 is 0. The van der Waals surface area contributed by atoms with Crippen LogP contribution in [0.25, 0.3) is 0 Å². The zero-order valence-electron chi connectivity index (χ0n) is 15.2. The van der Waals surface area contributed by atoms with Gasteiger partial charge in [0.2, 0.25) is 0 Å². The number of hydrogen-bond acceptors (Lipinski definition) is 4. The normalized spacial score (nSPS) is 24.7. The second kappa shape index (κ2) is 7.54. The third-order valence-electron chi connectivity index (χ3n) is 5.35. The van der Waals surface area contributed by atoms with Crippen LogP contribution in [-0.4, -0.2) is 44.2 Å². The standard InChI is InChI=1S/C19H28N4O2/c1-4-5-13(2)20-19(25)18-21-16-12-23(11-10-17(16)22(18)3)14-6-8-15(24)9-7-14/h4-5,14-15,24H,1,6-12H2,2-3H3,(H,20,25)/b13-5-/t14-,15+. The number of rotatable bonds is 4. The van der Waals surface area contributed by atoms with Crippen molar-refractivity contribution in [1.82, 2.24) is 19.8 Å². The van der Waals surface area contributed by atoms with Crippen molar-refractivity contribution >= 4 is 5.91 Å². The smallest absolute Gasteiger partial charge is 0.291 e. The average Bonchev–Trinajstić information content (AvgIpc) is 2.92. The van der Waals surface area contributed by atoms with Crippen LogP contribution in [0.4, 0.5) is 0 Å². The van der Waals surface area contributed by atoms with Crippen LogP contribution in [0.1, 0.15) is 54.6 Å². The van der Waals surface area contributed by atoms with E-state index in [1.807, 2.05) is 18.5 Å². The average molecular weight is 344 g/mol. The minimum absolute atomic E-state index is 0.131. The minimum atomic E-state index is -0.181. The summed E-state index contributed by atoms with van der Waals surface area (Å²) in [6.45, 7) is 7.25. The highest BCUT2D eigenvalue weighted by atomic mass is 16.3. The fourth-order valence-electron chi connectivity index (χ4n) is 3.94. The number of aliphatic hydroxyl groups excluding tert-OH is 1. The number of amides is 1. The molecule has 136 valence electrons. The molecule has 1 aliphatic heterocycles. The second-order valence-corrected chi connectivity index (χ2v) is 7.11. The number of allylic oxidation sites excluding steroid dienone is 3. The molecule has 1 aromatic rings. The van der Waals surface area contributed by atoms with Gasteiger partial charge in [-0.05, 0) is 38.7 Å². The van der Waals surface area contributed by atoms with Crippen LogP contribution in [0.5, 0.6) is 0 Å². The number of nitrogens with zero attached hydrogens (tertiary/aromatic N) is 3. The number of aliphatic hydroxyl groups is 1. The van der Waals surface area contributed by atoms with Gasteiger partial charge in [-0.3, -0.25) is 9.69 Å². The van der Waals surface area contributed by atoms with Crippen molar-refractivity contribution in [1.29, 1.82) is 0 Å². The number of carbonyl (C=O) groups excluding carboxylic acids is 1. The summed E-state index contributed by atoms with van der Waals surface area (Å²) in [5.74, 6) is 0.280. The van der Waals surface area contributed by atoms with E-state index in [1.165, 1.54) is 0 Å². The molecule has 0 unspecified atom stereocenters. The van der Waals surface area contributed by atoms with Gasteiger partial charge >= 0.3 is 0 Å². The lowest BCUT2D eigenvalue weighted by atomic mass is 9.91. The molecule has 2 N–H and O–H groups in total. The first-order chi connectivity index (χ1) is 12.0. The lowest BCUT2D eigenvalue weighted by Crippen LogP contribution is -2.42. The molecular formula is C19H28N4O2. The Kier molecular flexibility index (Phi) is 5.39. The van der Waals surface area contributed by atoms with Gasteiger partial charge in [-0.2, -0.15) is 0 Å². The van der Waals surface area contributed by atoms with Crippen LogP contribution < -0.4 is 5.32 Å². The maximum atomic E-state index is 12.5. The summed E-state index contributed by atoms with van der Waals surface area (Å²) in [4.78, 5) is 19.6. The molecule has 2 heterocycles. The van der Waals surface area contributed by atoms with E-state index in [0.29, 0.717) is 11.9 Å². The summed E-state index contributed by atoms with van der Waals surface area (Å²) in [7, 11) is 1.92. The van der Waals surface area contributed by atoms with Crippen molar-refractivity contribution in [2.75, 3.05) is 6.54 Å². The molecule has 6 nitrogen and oxygen atoms in total. The topological polar surface area (TPSA) is 70.4 Å². The Morgan fingerprint density at radius 3 is 2.76 bits per heavy atom. The van der Waals surface area contributed by atoms with E-state index in [-0.39, 0.29) is 12.0 Å². The van der Waals surface area contributed by atoms with Gasteiger partial charge in [-0.25, -0.2) is 4.98 Å².